The van der Waals surface area contributed by atoms with Gasteiger partial charge in [0.05, 0.1) is 5.69 Å². The second-order valence-corrected chi connectivity index (χ2v) is 9.02. The number of hydrogen-bond donors (Lipinski definition) is 0. The maximum Gasteiger partial charge on any atom is 0.283 e. The second kappa shape index (κ2) is 8.07. The van der Waals surface area contributed by atoms with Crippen molar-refractivity contribution in [1.82, 2.24) is 4.90 Å². The zero-order valence-electron chi connectivity index (χ0n) is 17.2. The molecule has 1 fully saturated rings. The van der Waals surface area contributed by atoms with Gasteiger partial charge in [-0.3, -0.25) is 9.59 Å². The van der Waals surface area contributed by atoms with Crippen LogP contribution < -0.4 is 4.90 Å². The molecule has 2 heterocycles. The highest BCUT2D eigenvalue weighted by molar-refractivity contribution is 8.04. The summed E-state index contributed by atoms with van der Waals surface area (Å²) in [6.07, 6.45) is 3.28. The molecule has 2 aliphatic heterocycles. The third-order valence-corrected chi connectivity index (χ3v) is 6.48. The molecule has 0 radical (unpaired) electrons. The van der Waals surface area contributed by atoms with Gasteiger partial charge in [-0.2, -0.15) is 0 Å². The fourth-order valence-corrected chi connectivity index (χ4v) is 5.02. The Kier molecular flexibility index (Phi) is 5.50. The van der Waals surface area contributed by atoms with Gasteiger partial charge in [-0.1, -0.05) is 35.5 Å². The molecule has 0 unspecified atom stereocenters. The number of thioether (sulfide) groups is 1. The van der Waals surface area contributed by atoms with Gasteiger partial charge in [0.1, 0.15) is 10.6 Å². The highest BCUT2D eigenvalue weighted by atomic mass is 32.2. The van der Waals surface area contributed by atoms with Crippen LogP contribution >= 0.6 is 11.8 Å². The van der Waals surface area contributed by atoms with Crippen molar-refractivity contribution in [2.24, 2.45) is 0 Å². The van der Waals surface area contributed by atoms with E-state index in [1.54, 1.807) is 0 Å². The highest BCUT2D eigenvalue weighted by Crippen LogP contribution is 2.39. The molecule has 0 N–H and O–H groups in total. The molecule has 2 amide bonds. The smallest absolute Gasteiger partial charge is 0.283 e. The molecule has 1 saturated heterocycles. The van der Waals surface area contributed by atoms with Gasteiger partial charge in [0, 0.05) is 18.0 Å². The van der Waals surface area contributed by atoms with Crippen LogP contribution in [0.2, 0.25) is 0 Å². The predicted octanol–water partition coefficient (Wildman–Crippen LogP) is 4.97. The molecule has 2 aromatic carbocycles. The van der Waals surface area contributed by atoms with Crippen LogP contribution in [-0.4, -0.2) is 29.8 Å². The van der Waals surface area contributed by atoms with Crippen LogP contribution in [-0.2, 0) is 9.59 Å². The molecule has 150 valence electrons. The number of imide groups is 1. The molecule has 2 aliphatic rings. The Labute approximate surface area is 176 Å². The molecule has 0 atom stereocenters. The van der Waals surface area contributed by atoms with Gasteiger partial charge in [-0.15, -0.1) is 0 Å². The average Bonchev–Trinajstić information content (AvgIpc) is 2.93. The summed E-state index contributed by atoms with van der Waals surface area (Å²) in [6, 6.07) is 14.0. The van der Waals surface area contributed by atoms with E-state index in [0.717, 1.165) is 42.0 Å². The quantitative estimate of drug-likeness (QED) is 0.672. The summed E-state index contributed by atoms with van der Waals surface area (Å²) in [5, 5.41) is 0. The van der Waals surface area contributed by atoms with E-state index in [0.29, 0.717) is 16.3 Å². The number of piperidine rings is 1. The fourth-order valence-electron chi connectivity index (χ4n) is 4.02. The van der Waals surface area contributed by atoms with E-state index < -0.39 is 0 Å². The fraction of sp³-hybridized carbons (Fsp3) is 0.333. The van der Waals surface area contributed by atoms with E-state index in [4.69, 9.17) is 0 Å². The van der Waals surface area contributed by atoms with Gasteiger partial charge in [0.25, 0.3) is 11.8 Å². The number of carbonyl (C=O) groups excluding carboxylic acids is 2. The number of likely N-dealkylation sites (tertiary alicyclic amines) is 1. The third-order valence-electron chi connectivity index (χ3n) is 5.40. The van der Waals surface area contributed by atoms with Crippen LogP contribution in [0.1, 0.15) is 36.0 Å². The first kappa shape index (κ1) is 19.8. The van der Waals surface area contributed by atoms with Gasteiger partial charge in [0.15, 0.2) is 0 Å². The Morgan fingerprint density at radius 1 is 0.759 bits per heavy atom. The topological polar surface area (TPSA) is 40.6 Å². The van der Waals surface area contributed by atoms with E-state index >= 15 is 0 Å². The molecular formula is C24H26N2O2S. The van der Waals surface area contributed by atoms with Crippen molar-refractivity contribution < 1.29 is 9.59 Å². The first-order valence-electron chi connectivity index (χ1n) is 10.1. The minimum absolute atomic E-state index is 0.198. The Morgan fingerprint density at radius 2 is 1.38 bits per heavy atom. The highest BCUT2D eigenvalue weighted by Gasteiger charge is 2.42. The Bertz CT molecular complexity index is 968. The summed E-state index contributed by atoms with van der Waals surface area (Å²) in [4.78, 5) is 31.9. The molecule has 0 bridgehead atoms. The number of benzene rings is 2. The summed E-state index contributed by atoms with van der Waals surface area (Å²) in [5.74, 6) is -0.414. The monoisotopic (exact) mass is 406 g/mol. The lowest BCUT2D eigenvalue weighted by Gasteiger charge is -2.29. The summed E-state index contributed by atoms with van der Waals surface area (Å²) >= 11 is 1.41. The van der Waals surface area contributed by atoms with Crippen LogP contribution in [0.4, 0.5) is 5.69 Å². The molecule has 0 aromatic heterocycles. The van der Waals surface area contributed by atoms with Crippen LogP contribution in [0.25, 0.3) is 0 Å². The van der Waals surface area contributed by atoms with E-state index in [1.807, 2.05) is 57.2 Å². The summed E-state index contributed by atoms with van der Waals surface area (Å²) < 4.78 is 0. The largest absolute Gasteiger partial charge is 0.366 e. The van der Waals surface area contributed by atoms with E-state index in [1.165, 1.54) is 28.6 Å². The summed E-state index contributed by atoms with van der Waals surface area (Å²) in [5.41, 5.74) is 4.48. The zero-order valence-corrected chi connectivity index (χ0v) is 18.0. The van der Waals surface area contributed by atoms with Crippen molar-refractivity contribution in [3.05, 3.63) is 69.8 Å². The molecule has 0 saturated carbocycles. The zero-order chi connectivity index (χ0) is 20.5. The molecule has 4 rings (SSSR count). The van der Waals surface area contributed by atoms with Crippen LogP contribution in [0.3, 0.4) is 0 Å². The lowest BCUT2D eigenvalue weighted by atomic mass is 10.1. The van der Waals surface area contributed by atoms with Crippen molar-refractivity contribution in [2.75, 3.05) is 18.0 Å². The van der Waals surface area contributed by atoms with Crippen molar-refractivity contribution >= 4 is 29.3 Å². The van der Waals surface area contributed by atoms with Gasteiger partial charge >= 0.3 is 0 Å². The minimum Gasteiger partial charge on any atom is -0.366 e. The van der Waals surface area contributed by atoms with Crippen LogP contribution in [0.5, 0.6) is 0 Å². The Hall–Kier alpha value is -2.53. The molecule has 0 aliphatic carbocycles. The van der Waals surface area contributed by atoms with Gasteiger partial charge < -0.3 is 4.90 Å². The third kappa shape index (κ3) is 3.97. The first-order valence-corrected chi connectivity index (χ1v) is 11.0. The minimum atomic E-state index is -0.217. The number of carbonyl (C=O) groups is 2. The molecule has 2 aromatic rings. The van der Waals surface area contributed by atoms with E-state index in [2.05, 4.69) is 11.0 Å². The maximum atomic E-state index is 13.5. The predicted molar refractivity (Wildman–Crippen MR) is 118 cm³/mol. The van der Waals surface area contributed by atoms with Crippen molar-refractivity contribution in [3.63, 3.8) is 0 Å². The summed E-state index contributed by atoms with van der Waals surface area (Å²) in [6.45, 7) is 7.67. The standard InChI is InChI=1S/C24H26N2O2S/c1-16-7-9-20(10-8-16)29-22-21(25-11-5-4-6-12-25)23(27)26(24(22)28)19-14-17(2)13-18(3)15-19/h7-10,13-15H,4-6,11-12H2,1-3H3. The Morgan fingerprint density at radius 3 is 2.00 bits per heavy atom. The molecule has 4 nitrogen and oxygen atoms in total. The SMILES string of the molecule is Cc1ccc(SC2=C(N3CCCCC3)C(=O)N(c3cc(C)cc(C)c3)C2=O)cc1. The van der Waals surface area contributed by atoms with Gasteiger partial charge in [-0.05, 0) is 75.4 Å². The van der Waals surface area contributed by atoms with E-state index in [9.17, 15) is 9.59 Å². The molecule has 5 heteroatoms. The van der Waals surface area contributed by atoms with Gasteiger partial charge in [0.2, 0.25) is 0 Å². The van der Waals surface area contributed by atoms with Crippen molar-refractivity contribution in [1.29, 1.82) is 0 Å². The second-order valence-electron chi connectivity index (χ2n) is 7.93. The molecule has 0 spiro atoms. The van der Waals surface area contributed by atoms with Crippen molar-refractivity contribution in [2.45, 2.75) is 44.9 Å². The van der Waals surface area contributed by atoms with E-state index in [-0.39, 0.29) is 11.8 Å². The number of rotatable bonds is 4. The van der Waals surface area contributed by atoms with Crippen molar-refractivity contribution in [3.8, 4) is 0 Å². The first-order chi connectivity index (χ1) is 13.9. The average molecular weight is 407 g/mol. The number of amides is 2. The number of anilines is 1. The number of aryl methyl sites for hydroxylation is 3. The number of hydrogen-bond acceptors (Lipinski definition) is 4. The normalized spacial score (nSPS) is 17.5. The lowest BCUT2D eigenvalue weighted by molar-refractivity contribution is -0.121. The molecule has 29 heavy (non-hydrogen) atoms. The van der Waals surface area contributed by atoms with Crippen LogP contribution in [0, 0.1) is 20.8 Å². The Balaban J connectivity index is 1.75. The maximum absolute atomic E-state index is 13.5. The number of nitrogens with zero attached hydrogens (tertiary/aromatic N) is 2. The summed E-state index contributed by atoms with van der Waals surface area (Å²) in [7, 11) is 0. The van der Waals surface area contributed by atoms with Crippen LogP contribution in [0.15, 0.2) is 58.0 Å². The van der Waals surface area contributed by atoms with Gasteiger partial charge in [-0.25, -0.2) is 4.90 Å². The molecular weight excluding hydrogens is 380 g/mol. The lowest BCUT2D eigenvalue weighted by Crippen LogP contribution is -2.37.